The summed E-state index contributed by atoms with van der Waals surface area (Å²) in [6.45, 7) is 8.08. The van der Waals surface area contributed by atoms with Crippen LogP contribution in [0.2, 0.25) is 0 Å². The van der Waals surface area contributed by atoms with Gasteiger partial charge in [0.1, 0.15) is 0 Å². The standard InChI is InChI=1S/C33H46N2O3/c1-20(4-9-30(38)35-15-12-22-16-21(19-34)5-8-28(22)35)25-6-7-26-31-27(11-14-33(25,26)3)32(2)13-10-24(36)17-23(32)18-29(31)37/h5,8,16,20,23-27,29,31,36-37H,4,6-7,9-15,17-18H2,1-3H3/t20-,23+,24-,25-,26+,27+,29+,31+,32+,33-/m1/s1. The number of hydrogen-bond acceptors (Lipinski definition) is 4. The van der Waals surface area contributed by atoms with Crippen LogP contribution < -0.4 is 4.90 Å². The average Bonchev–Trinajstić information content (AvgIpc) is 3.48. The highest BCUT2D eigenvalue weighted by molar-refractivity contribution is 5.95. The molecule has 1 heterocycles. The van der Waals surface area contributed by atoms with Crippen LogP contribution in [-0.2, 0) is 11.2 Å². The van der Waals surface area contributed by atoms with E-state index in [4.69, 9.17) is 0 Å². The molecule has 4 aliphatic carbocycles. The summed E-state index contributed by atoms with van der Waals surface area (Å²) in [4.78, 5) is 15.2. The molecule has 4 fully saturated rings. The van der Waals surface area contributed by atoms with Gasteiger partial charge in [0, 0.05) is 18.7 Å². The van der Waals surface area contributed by atoms with Gasteiger partial charge in [-0.05, 0) is 134 Å². The van der Waals surface area contributed by atoms with Gasteiger partial charge >= 0.3 is 0 Å². The van der Waals surface area contributed by atoms with Gasteiger partial charge in [-0.25, -0.2) is 0 Å². The van der Waals surface area contributed by atoms with Crippen LogP contribution in [0, 0.1) is 57.7 Å². The van der Waals surface area contributed by atoms with Crippen molar-refractivity contribution < 1.29 is 15.0 Å². The summed E-state index contributed by atoms with van der Waals surface area (Å²) < 4.78 is 0. The smallest absolute Gasteiger partial charge is 0.227 e. The zero-order valence-corrected chi connectivity index (χ0v) is 23.5. The zero-order valence-electron chi connectivity index (χ0n) is 23.5. The number of carbonyl (C=O) groups excluding carboxylic acids is 1. The van der Waals surface area contributed by atoms with Gasteiger partial charge in [-0.1, -0.05) is 20.8 Å². The Labute approximate surface area is 228 Å². The Morgan fingerprint density at radius 1 is 1.11 bits per heavy atom. The van der Waals surface area contributed by atoms with Crippen molar-refractivity contribution in [2.24, 2.45) is 46.3 Å². The van der Waals surface area contributed by atoms with Crippen LogP contribution >= 0.6 is 0 Å². The van der Waals surface area contributed by atoms with Gasteiger partial charge in [-0.3, -0.25) is 4.79 Å². The Kier molecular flexibility index (Phi) is 6.67. The minimum atomic E-state index is -0.236. The van der Waals surface area contributed by atoms with E-state index in [0.29, 0.717) is 47.5 Å². The number of rotatable bonds is 4. The molecular formula is C33H46N2O3. The lowest BCUT2D eigenvalue weighted by molar-refractivity contribution is -0.174. The Morgan fingerprint density at radius 2 is 1.87 bits per heavy atom. The Morgan fingerprint density at radius 3 is 2.66 bits per heavy atom. The number of nitriles is 1. The first-order valence-electron chi connectivity index (χ1n) is 15.3. The summed E-state index contributed by atoms with van der Waals surface area (Å²) in [6.07, 6.45) is 10.5. The normalized spacial score (nSPS) is 42.4. The molecule has 0 bridgehead atoms. The van der Waals surface area contributed by atoms with Gasteiger partial charge in [-0.15, -0.1) is 0 Å². The van der Waals surface area contributed by atoms with Crippen LogP contribution in [-0.4, -0.2) is 34.9 Å². The number of amides is 1. The third-order valence-corrected chi connectivity index (χ3v) is 12.6. The van der Waals surface area contributed by atoms with Gasteiger partial charge in [0.2, 0.25) is 5.91 Å². The van der Waals surface area contributed by atoms with Crippen molar-refractivity contribution in [2.75, 3.05) is 11.4 Å². The molecule has 0 aromatic heterocycles. The Balaban J connectivity index is 1.12. The highest BCUT2D eigenvalue weighted by atomic mass is 16.3. The van der Waals surface area contributed by atoms with E-state index in [1.807, 2.05) is 23.1 Å². The molecule has 0 saturated heterocycles. The van der Waals surface area contributed by atoms with Crippen molar-refractivity contribution in [3.8, 4) is 6.07 Å². The van der Waals surface area contributed by atoms with E-state index in [9.17, 15) is 20.3 Å². The zero-order chi connectivity index (χ0) is 26.8. The molecule has 1 aliphatic heterocycles. The molecule has 10 atom stereocenters. The topological polar surface area (TPSA) is 84.6 Å². The fourth-order valence-electron chi connectivity index (χ4n) is 10.6. The molecular weight excluding hydrogens is 472 g/mol. The predicted octanol–water partition coefficient (Wildman–Crippen LogP) is 5.85. The van der Waals surface area contributed by atoms with Crippen molar-refractivity contribution in [1.29, 1.82) is 5.26 Å². The lowest BCUT2D eigenvalue weighted by atomic mass is 9.43. The van der Waals surface area contributed by atoms with Gasteiger partial charge in [0.25, 0.3) is 0 Å². The molecule has 1 amide bonds. The minimum absolute atomic E-state index is 0.186. The summed E-state index contributed by atoms with van der Waals surface area (Å²) in [5.41, 5.74) is 3.28. The first-order chi connectivity index (χ1) is 18.2. The number of benzene rings is 1. The molecule has 5 heteroatoms. The van der Waals surface area contributed by atoms with E-state index in [1.165, 1.54) is 25.7 Å². The molecule has 5 aliphatic rings. The van der Waals surface area contributed by atoms with Gasteiger partial charge in [0.15, 0.2) is 0 Å². The second-order valence-electron chi connectivity index (χ2n) is 14.2. The monoisotopic (exact) mass is 518 g/mol. The molecule has 206 valence electrons. The number of anilines is 1. The van der Waals surface area contributed by atoms with Gasteiger partial charge < -0.3 is 15.1 Å². The molecule has 0 spiro atoms. The summed E-state index contributed by atoms with van der Waals surface area (Å²) in [5, 5.41) is 31.0. The SMILES string of the molecule is C[C@H](CCC(=O)N1CCc2cc(C#N)ccc21)[C@H]1CC[C@H]2[C@@H]3[C@@H](O)C[C@@H]4C[C@H](O)CC[C@]4(C)[C@H]3CC[C@]12C. The summed E-state index contributed by atoms with van der Waals surface area (Å²) in [6, 6.07) is 7.90. The Hall–Kier alpha value is -1.90. The number of carbonyl (C=O) groups is 1. The maximum Gasteiger partial charge on any atom is 0.227 e. The van der Waals surface area contributed by atoms with Crippen LogP contribution in [0.1, 0.15) is 96.1 Å². The molecule has 38 heavy (non-hydrogen) atoms. The largest absolute Gasteiger partial charge is 0.393 e. The highest BCUT2D eigenvalue weighted by Crippen LogP contribution is 2.68. The van der Waals surface area contributed by atoms with E-state index >= 15 is 0 Å². The third kappa shape index (κ3) is 4.05. The Bertz CT molecular complexity index is 1130. The van der Waals surface area contributed by atoms with Crippen molar-refractivity contribution in [2.45, 2.75) is 104 Å². The van der Waals surface area contributed by atoms with Gasteiger partial charge in [0.05, 0.1) is 23.8 Å². The van der Waals surface area contributed by atoms with E-state index in [1.54, 1.807) is 0 Å². The van der Waals surface area contributed by atoms with Crippen molar-refractivity contribution in [1.82, 2.24) is 0 Å². The minimum Gasteiger partial charge on any atom is -0.393 e. The predicted molar refractivity (Wildman–Crippen MR) is 148 cm³/mol. The van der Waals surface area contributed by atoms with Gasteiger partial charge in [-0.2, -0.15) is 5.26 Å². The lowest BCUT2D eigenvalue weighted by Crippen LogP contribution is -2.58. The molecule has 2 N–H and O–H groups in total. The fraction of sp³-hybridized carbons (Fsp3) is 0.758. The summed E-state index contributed by atoms with van der Waals surface area (Å²) in [7, 11) is 0. The summed E-state index contributed by atoms with van der Waals surface area (Å²) in [5.74, 6) is 3.31. The van der Waals surface area contributed by atoms with Crippen LogP contribution in [0.3, 0.4) is 0 Å². The first kappa shape index (κ1) is 26.3. The maximum atomic E-state index is 13.3. The van der Waals surface area contributed by atoms with E-state index in [-0.39, 0.29) is 28.9 Å². The third-order valence-electron chi connectivity index (χ3n) is 12.6. The van der Waals surface area contributed by atoms with Crippen LogP contribution in [0.5, 0.6) is 0 Å². The number of aliphatic hydroxyl groups is 2. The van der Waals surface area contributed by atoms with E-state index in [2.05, 4.69) is 26.8 Å². The molecule has 0 unspecified atom stereocenters. The number of fused-ring (bicyclic) bond motifs is 6. The van der Waals surface area contributed by atoms with Crippen molar-refractivity contribution in [3.05, 3.63) is 29.3 Å². The maximum absolute atomic E-state index is 13.3. The molecule has 6 rings (SSSR count). The van der Waals surface area contributed by atoms with Crippen LogP contribution in [0.4, 0.5) is 5.69 Å². The lowest BCUT2D eigenvalue weighted by Gasteiger charge is -2.62. The molecule has 1 aromatic rings. The molecule has 0 radical (unpaired) electrons. The van der Waals surface area contributed by atoms with E-state index < -0.39 is 0 Å². The number of nitrogens with zero attached hydrogens (tertiary/aromatic N) is 2. The molecule has 5 nitrogen and oxygen atoms in total. The highest BCUT2D eigenvalue weighted by Gasteiger charge is 2.62. The first-order valence-corrected chi connectivity index (χ1v) is 15.3. The number of aliphatic hydroxyl groups excluding tert-OH is 2. The quantitative estimate of drug-likeness (QED) is 0.523. The van der Waals surface area contributed by atoms with Crippen LogP contribution in [0.25, 0.3) is 0 Å². The second kappa shape index (κ2) is 9.63. The van der Waals surface area contributed by atoms with E-state index in [0.717, 1.165) is 56.3 Å². The van der Waals surface area contributed by atoms with Crippen molar-refractivity contribution in [3.63, 3.8) is 0 Å². The molecule has 4 saturated carbocycles. The number of hydrogen-bond donors (Lipinski definition) is 2. The summed E-state index contributed by atoms with van der Waals surface area (Å²) >= 11 is 0. The second-order valence-corrected chi connectivity index (χ2v) is 14.2. The fourth-order valence-corrected chi connectivity index (χ4v) is 10.6. The molecule has 1 aromatic carbocycles. The van der Waals surface area contributed by atoms with Crippen molar-refractivity contribution >= 4 is 11.6 Å². The van der Waals surface area contributed by atoms with Crippen LogP contribution in [0.15, 0.2) is 18.2 Å². The average molecular weight is 519 g/mol.